The van der Waals surface area contributed by atoms with Crippen LogP contribution in [0.3, 0.4) is 0 Å². The zero-order valence-corrected chi connectivity index (χ0v) is 47.6. The number of ether oxygens (including phenoxy) is 4. The van der Waals surface area contributed by atoms with Gasteiger partial charge in [-0.2, -0.15) is 0 Å². The second-order valence-electron chi connectivity index (χ2n) is 20.7. The van der Waals surface area contributed by atoms with Gasteiger partial charge in [-0.1, -0.05) is 58.0 Å². The molecule has 424 valence electrons. The van der Waals surface area contributed by atoms with Crippen molar-refractivity contribution in [2.75, 3.05) is 61.8 Å². The molecule has 0 aromatic heterocycles. The molecule has 2 atom stereocenters. The molecule has 19 nitrogen and oxygen atoms in total. The van der Waals surface area contributed by atoms with Crippen LogP contribution in [-0.4, -0.2) is 111 Å². The van der Waals surface area contributed by atoms with Crippen molar-refractivity contribution in [3.63, 3.8) is 0 Å². The Balaban J connectivity index is 0.838. The van der Waals surface area contributed by atoms with Crippen molar-refractivity contribution in [3.05, 3.63) is 130 Å². The number of methoxy groups -OCH3 is 2. The molecule has 0 aliphatic carbocycles. The van der Waals surface area contributed by atoms with Crippen LogP contribution in [0.4, 0.5) is 22.7 Å². The van der Waals surface area contributed by atoms with Crippen LogP contribution in [0, 0.1) is 0 Å². The molecule has 7 amide bonds. The van der Waals surface area contributed by atoms with Gasteiger partial charge in [0, 0.05) is 77.8 Å². The smallest absolute Gasteiger partial charge is 0.261 e. The lowest BCUT2D eigenvalue weighted by molar-refractivity contribution is -0.128. The fourth-order valence-electron chi connectivity index (χ4n) is 10.2. The number of fused-ring (bicyclic) bond motifs is 8. The zero-order valence-electron chi connectivity index (χ0n) is 45.9. The van der Waals surface area contributed by atoms with Crippen molar-refractivity contribution < 1.29 is 52.5 Å². The number of rotatable bonds is 24. The van der Waals surface area contributed by atoms with E-state index >= 15 is 0 Å². The summed E-state index contributed by atoms with van der Waals surface area (Å²) in [5.74, 6) is -0.0793. The van der Waals surface area contributed by atoms with Gasteiger partial charge in [0.2, 0.25) is 29.5 Å². The molecule has 0 bridgehead atoms. The normalized spacial score (nSPS) is 15.6. The van der Waals surface area contributed by atoms with Crippen molar-refractivity contribution >= 4 is 91.9 Å². The number of carbonyl (C=O) groups is 7. The lowest BCUT2D eigenvalue weighted by atomic mass is 9.99. The average Bonchev–Trinajstić information content (AvgIpc) is 4.23. The van der Waals surface area contributed by atoms with Gasteiger partial charge >= 0.3 is 0 Å². The minimum atomic E-state index is -0.625. The molecule has 4 heterocycles. The molecule has 0 saturated carbocycles. The van der Waals surface area contributed by atoms with Crippen LogP contribution in [-0.2, 0) is 56.4 Å². The zero-order chi connectivity index (χ0) is 57.2. The van der Waals surface area contributed by atoms with Gasteiger partial charge in [0.15, 0.2) is 23.0 Å². The summed E-state index contributed by atoms with van der Waals surface area (Å²) in [7, 11) is 7.93. The van der Waals surface area contributed by atoms with Crippen LogP contribution in [0.2, 0.25) is 0 Å². The van der Waals surface area contributed by atoms with Gasteiger partial charge in [0.1, 0.15) is 13.2 Å². The van der Waals surface area contributed by atoms with Gasteiger partial charge in [-0.15, -0.1) is 0 Å². The van der Waals surface area contributed by atoms with Crippen molar-refractivity contribution in [1.29, 1.82) is 0 Å². The maximum absolute atomic E-state index is 14.2. The lowest BCUT2D eigenvalue weighted by Crippen LogP contribution is -2.43. The van der Waals surface area contributed by atoms with Crippen LogP contribution in [0.15, 0.2) is 96.0 Å². The third kappa shape index (κ3) is 14.1. The molecule has 5 aromatic rings. The number of aliphatic imine (C=N–C) groups is 1. The fourth-order valence-corrected chi connectivity index (χ4v) is 12.9. The Labute approximate surface area is 478 Å². The monoisotopic (exact) mass is 1140 g/mol. The van der Waals surface area contributed by atoms with Gasteiger partial charge in [-0.05, 0) is 122 Å². The summed E-state index contributed by atoms with van der Waals surface area (Å²) in [5.41, 5.74) is 7.80. The first-order valence-electron chi connectivity index (χ1n) is 26.9. The van der Waals surface area contributed by atoms with Gasteiger partial charge in [0.25, 0.3) is 11.8 Å². The van der Waals surface area contributed by atoms with E-state index in [0.29, 0.717) is 82.3 Å². The first-order chi connectivity index (χ1) is 39.1. The number of anilines is 3. The molecule has 0 radical (unpaired) electrons. The highest BCUT2D eigenvalue weighted by Crippen LogP contribution is 2.44. The number of carbonyl (C=O) groups excluding carboxylic acids is 7. The maximum Gasteiger partial charge on any atom is 0.261 e. The summed E-state index contributed by atoms with van der Waals surface area (Å²) in [6.45, 7) is 2.87. The first-order valence-corrected chi connectivity index (χ1v) is 29.2. The van der Waals surface area contributed by atoms with Gasteiger partial charge < -0.3 is 50.4 Å². The minimum Gasteiger partial charge on any atom is -0.493 e. The second kappa shape index (κ2) is 26.0. The summed E-state index contributed by atoms with van der Waals surface area (Å²) < 4.78 is 24.2. The molecule has 0 saturated heterocycles. The molecule has 0 unspecified atom stereocenters. The molecule has 9 rings (SSSR count). The molecular weight excluding hydrogens is 1070 g/mol. The lowest BCUT2D eigenvalue weighted by Gasteiger charge is -2.23. The summed E-state index contributed by atoms with van der Waals surface area (Å²) in [6.07, 6.45) is 6.62. The molecule has 4 aliphatic heterocycles. The first kappa shape index (κ1) is 57.6. The van der Waals surface area contributed by atoms with Crippen LogP contribution < -0.4 is 55.3 Å². The Morgan fingerprint density at radius 3 is 1.91 bits per heavy atom. The van der Waals surface area contributed by atoms with E-state index < -0.39 is 30.8 Å². The Morgan fingerprint density at radius 1 is 0.654 bits per heavy atom. The SMILES string of the molecule is CNC(=O)CCCSSC(C)(C)CCC(=O)NCC(=O)NCC(=O)NCC(=O)Nc1cc(COc2cc3c(cc2OC)C(=O)N2c4ccccc4C[C@H]2CC3)cc(COc2cc3c(cc2OC)C(=O)N2c4ccccc4C[C@H]2C=N3)c1. The number of benzene rings is 5. The summed E-state index contributed by atoms with van der Waals surface area (Å²) in [5, 5.41) is 13.0. The van der Waals surface area contributed by atoms with Crippen LogP contribution in [0.5, 0.6) is 23.0 Å². The number of nitrogens with zero attached hydrogens (tertiary/aromatic N) is 3. The number of aryl methyl sites for hydroxylation is 1. The van der Waals surface area contributed by atoms with Crippen LogP contribution in [0.25, 0.3) is 0 Å². The third-order valence-electron chi connectivity index (χ3n) is 14.4. The Kier molecular flexibility index (Phi) is 18.5. The molecule has 0 spiro atoms. The minimum absolute atomic E-state index is 0.00411. The standard InChI is InChI=1S/C60H66N8O11S2/c1-60(2,81-80-20-10-15-53(69)61-3)19-18-54(70)63-31-55(71)64-32-56(72)65-33-57(73)66-41-22-36(34-78-51-26-38-16-17-42-24-39-11-6-8-13-47(39)67(42)58(74)44(38)27-49(51)76-4)21-37(23-41)35-79-52-29-46-45(28-50(52)77-5)59(75)68-43(30-62-46)25-40-12-7-9-14-48(40)68/h6-9,11-14,21-23,26-30,42-43H,10,15-20,24-25,31-35H2,1-5H3,(H,61,69)(H,63,70)(H,64,71)(H,65,72)(H,66,73)/t42-,43+/m1/s1. The molecule has 4 aliphatic rings. The van der Waals surface area contributed by atoms with Crippen LogP contribution in [0.1, 0.15) is 94.5 Å². The van der Waals surface area contributed by atoms with Gasteiger partial charge in [-0.3, -0.25) is 43.5 Å². The molecule has 81 heavy (non-hydrogen) atoms. The largest absolute Gasteiger partial charge is 0.493 e. The maximum atomic E-state index is 14.2. The summed E-state index contributed by atoms with van der Waals surface area (Å²) in [6, 6.07) is 27.8. The van der Waals surface area contributed by atoms with Crippen molar-refractivity contribution in [3.8, 4) is 23.0 Å². The van der Waals surface area contributed by atoms with Gasteiger partial charge in [0.05, 0.1) is 51.1 Å². The summed E-state index contributed by atoms with van der Waals surface area (Å²) in [4.78, 5) is 99.5. The number of hydrogen-bond donors (Lipinski definition) is 5. The quantitative estimate of drug-likeness (QED) is 0.0299. The van der Waals surface area contributed by atoms with Crippen LogP contribution >= 0.6 is 21.6 Å². The predicted octanol–water partition coefficient (Wildman–Crippen LogP) is 7.42. The Bertz CT molecular complexity index is 3280. The number of hydrogen-bond acceptors (Lipinski definition) is 14. The third-order valence-corrected chi connectivity index (χ3v) is 17.8. The van der Waals surface area contributed by atoms with Crippen molar-refractivity contribution in [1.82, 2.24) is 21.3 Å². The molecule has 5 N–H and O–H groups in total. The molecule has 21 heteroatoms. The average molecular weight is 1140 g/mol. The van der Waals surface area contributed by atoms with E-state index in [0.717, 1.165) is 53.1 Å². The topological polar surface area (TPSA) is 235 Å². The highest BCUT2D eigenvalue weighted by molar-refractivity contribution is 8.77. The van der Waals surface area contributed by atoms with Gasteiger partial charge in [-0.25, -0.2) is 0 Å². The Hall–Kier alpha value is -8.04. The van der Waals surface area contributed by atoms with E-state index in [9.17, 15) is 33.6 Å². The van der Waals surface area contributed by atoms with E-state index in [1.54, 1.807) is 70.1 Å². The highest BCUT2D eigenvalue weighted by atomic mass is 33.1. The van der Waals surface area contributed by atoms with E-state index in [4.69, 9.17) is 23.9 Å². The number of amides is 7. The van der Waals surface area contributed by atoms with E-state index in [2.05, 4.69) is 32.7 Å². The van der Waals surface area contributed by atoms with Crippen molar-refractivity contribution in [2.24, 2.45) is 4.99 Å². The molecular formula is C60H66N8O11S2. The van der Waals surface area contributed by atoms with E-state index in [-0.39, 0.29) is 66.6 Å². The summed E-state index contributed by atoms with van der Waals surface area (Å²) >= 11 is 0. The predicted molar refractivity (Wildman–Crippen MR) is 313 cm³/mol. The fraction of sp³-hybridized carbons (Fsp3) is 0.367. The van der Waals surface area contributed by atoms with E-state index in [1.165, 1.54) is 14.2 Å². The molecule has 5 aromatic carbocycles. The second-order valence-corrected chi connectivity index (χ2v) is 23.8. The van der Waals surface area contributed by atoms with E-state index in [1.807, 2.05) is 73.3 Å². The number of para-hydroxylation sites is 2. The Morgan fingerprint density at radius 2 is 1.25 bits per heavy atom. The highest BCUT2D eigenvalue weighted by Gasteiger charge is 2.39. The molecule has 0 fully saturated rings. The van der Waals surface area contributed by atoms with Crippen molar-refractivity contribution in [2.45, 2.75) is 95.3 Å². The number of nitrogens with one attached hydrogen (secondary N) is 5.